The molecule has 7 heteroatoms. The van der Waals surface area contributed by atoms with Gasteiger partial charge in [0.2, 0.25) is 0 Å². The van der Waals surface area contributed by atoms with E-state index in [1.165, 1.54) is 6.07 Å². The molecule has 0 radical (unpaired) electrons. The first-order valence-corrected chi connectivity index (χ1v) is 7.22. The van der Waals surface area contributed by atoms with E-state index < -0.39 is 11.7 Å². The van der Waals surface area contributed by atoms with E-state index in [-0.39, 0.29) is 0 Å². The number of hydrogen-bond acceptors (Lipinski definition) is 4. The van der Waals surface area contributed by atoms with Gasteiger partial charge in [0.1, 0.15) is 11.7 Å². The Hall–Kier alpha value is -2.57. The van der Waals surface area contributed by atoms with E-state index in [0.717, 1.165) is 37.2 Å². The van der Waals surface area contributed by atoms with E-state index in [9.17, 15) is 13.2 Å². The highest BCUT2D eigenvalue weighted by Gasteiger charge is 2.30. The summed E-state index contributed by atoms with van der Waals surface area (Å²) in [4.78, 5) is 8.63. The van der Waals surface area contributed by atoms with E-state index >= 15 is 0 Å². The van der Waals surface area contributed by atoms with Crippen LogP contribution in [-0.2, 0) is 6.18 Å². The number of benzene rings is 1. The molecule has 1 aliphatic rings. The summed E-state index contributed by atoms with van der Waals surface area (Å²) in [6.45, 7) is 1.54. The second kappa shape index (κ2) is 6.28. The number of nitrogens with one attached hydrogen (secondary N) is 2. The molecule has 0 spiro atoms. The fraction of sp³-hybridized carbons (Fsp3) is 0.250. The number of rotatable bonds is 3. The van der Waals surface area contributed by atoms with Crippen LogP contribution in [0.4, 0.5) is 24.7 Å². The number of amidine groups is 1. The zero-order valence-corrected chi connectivity index (χ0v) is 12.2. The molecular formula is C16H15F3N4. The van der Waals surface area contributed by atoms with Crippen LogP contribution in [0.5, 0.6) is 0 Å². The quantitative estimate of drug-likeness (QED) is 0.909. The third-order valence-corrected chi connectivity index (χ3v) is 3.41. The summed E-state index contributed by atoms with van der Waals surface area (Å²) >= 11 is 0. The molecule has 3 rings (SSSR count). The van der Waals surface area contributed by atoms with Crippen molar-refractivity contribution in [1.29, 1.82) is 0 Å². The van der Waals surface area contributed by atoms with E-state index in [2.05, 4.69) is 20.6 Å². The molecule has 0 fully saturated rings. The van der Waals surface area contributed by atoms with Gasteiger partial charge in [-0.25, -0.2) is 4.98 Å². The molecule has 0 amide bonds. The Kier molecular flexibility index (Phi) is 4.18. The summed E-state index contributed by atoms with van der Waals surface area (Å²) in [6.07, 6.45) is -1.83. The smallest absolute Gasteiger partial charge is 0.370 e. The molecule has 0 unspecified atom stereocenters. The molecule has 4 nitrogen and oxygen atoms in total. The second-order valence-corrected chi connectivity index (χ2v) is 5.11. The number of halogens is 3. The van der Waals surface area contributed by atoms with Crippen LogP contribution < -0.4 is 10.6 Å². The lowest BCUT2D eigenvalue weighted by Crippen LogP contribution is -2.30. The summed E-state index contributed by atoms with van der Waals surface area (Å²) < 4.78 is 38.4. The first-order valence-electron chi connectivity index (χ1n) is 7.22. The summed E-state index contributed by atoms with van der Waals surface area (Å²) in [5.41, 5.74) is 0.369. The molecule has 0 atom stereocenters. The fourth-order valence-corrected chi connectivity index (χ4v) is 2.32. The number of aromatic nitrogens is 1. The van der Waals surface area contributed by atoms with Crippen molar-refractivity contribution in [3.05, 3.63) is 53.7 Å². The summed E-state index contributed by atoms with van der Waals surface area (Å²) in [5, 5.41) is 6.14. The molecule has 120 valence electrons. The normalized spacial score (nSPS) is 14.8. The van der Waals surface area contributed by atoms with Gasteiger partial charge < -0.3 is 10.6 Å². The second-order valence-electron chi connectivity index (χ2n) is 5.11. The molecule has 1 aromatic heterocycles. The van der Waals surface area contributed by atoms with Crippen molar-refractivity contribution in [2.45, 2.75) is 12.6 Å². The van der Waals surface area contributed by atoms with E-state index in [1.54, 1.807) is 18.3 Å². The zero-order valence-electron chi connectivity index (χ0n) is 12.2. The number of hydrogen-bond donors (Lipinski definition) is 2. The highest BCUT2D eigenvalue weighted by molar-refractivity contribution is 6.03. The SMILES string of the molecule is FC(F)(F)c1cccc(Nc2ncccc2C2=NCCCN2)c1. The minimum Gasteiger partial charge on any atom is -0.370 e. The molecule has 0 saturated carbocycles. The lowest BCUT2D eigenvalue weighted by molar-refractivity contribution is -0.137. The molecule has 2 N–H and O–H groups in total. The zero-order chi connectivity index (χ0) is 16.3. The maximum Gasteiger partial charge on any atom is 0.416 e. The van der Waals surface area contributed by atoms with Crippen LogP contribution in [-0.4, -0.2) is 23.9 Å². The van der Waals surface area contributed by atoms with Crippen LogP contribution in [0, 0.1) is 0 Å². The predicted octanol–water partition coefficient (Wildman–Crippen LogP) is 3.58. The van der Waals surface area contributed by atoms with Crippen molar-refractivity contribution in [3.63, 3.8) is 0 Å². The molecule has 23 heavy (non-hydrogen) atoms. The Labute approximate surface area is 131 Å². The topological polar surface area (TPSA) is 49.3 Å². The number of aliphatic imine (C=N–C) groups is 1. The average Bonchev–Trinajstić information content (AvgIpc) is 2.56. The van der Waals surface area contributed by atoms with Gasteiger partial charge in [0.25, 0.3) is 0 Å². The van der Waals surface area contributed by atoms with Crippen molar-refractivity contribution >= 4 is 17.3 Å². The van der Waals surface area contributed by atoms with Gasteiger partial charge >= 0.3 is 6.18 Å². The first kappa shape index (κ1) is 15.3. The lowest BCUT2D eigenvalue weighted by Gasteiger charge is -2.18. The van der Waals surface area contributed by atoms with Gasteiger partial charge in [0.15, 0.2) is 0 Å². The first-order chi connectivity index (χ1) is 11.0. The minimum absolute atomic E-state index is 0.330. The van der Waals surface area contributed by atoms with Gasteiger partial charge in [-0.1, -0.05) is 6.07 Å². The Balaban J connectivity index is 1.90. The Morgan fingerprint density at radius 1 is 1.13 bits per heavy atom. The third kappa shape index (κ3) is 3.61. The monoisotopic (exact) mass is 320 g/mol. The molecule has 1 aliphatic heterocycles. The molecule has 0 saturated heterocycles. The number of pyridine rings is 1. The van der Waals surface area contributed by atoms with Crippen LogP contribution in [0.1, 0.15) is 17.5 Å². The number of anilines is 2. The van der Waals surface area contributed by atoms with E-state index in [1.807, 2.05) is 6.07 Å². The summed E-state index contributed by atoms with van der Waals surface area (Å²) in [7, 11) is 0. The van der Waals surface area contributed by atoms with Crippen molar-refractivity contribution in [2.75, 3.05) is 18.4 Å². The minimum atomic E-state index is -4.38. The van der Waals surface area contributed by atoms with E-state index in [0.29, 0.717) is 17.3 Å². The summed E-state index contributed by atoms with van der Waals surface area (Å²) in [5.74, 6) is 1.18. The van der Waals surface area contributed by atoms with Crippen molar-refractivity contribution in [2.24, 2.45) is 4.99 Å². The standard InChI is InChI=1S/C16H15F3N4/c17-16(18,19)11-4-1-5-12(10-11)23-15-13(6-2-7-22-15)14-20-8-3-9-21-14/h1-2,4-7,10H,3,8-9H2,(H,20,21)(H,22,23). The van der Waals surface area contributed by atoms with Crippen LogP contribution in [0.2, 0.25) is 0 Å². The van der Waals surface area contributed by atoms with Gasteiger partial charge in [-0.15, -0.1) is 0 Å². The van der Waals surface area contributed by atoms with Crippen LogP contribution >= 0.6 is 0 Å². The van der Waals surface area contributed by atoms with Gasteiger partial charge in [-0.2, -0.15) is 13.2 Å². The maximum atomic E-state index is 12.8. The molecule has 1 aromatic carbocycles. The highest BCUT2D eigenvalue weighted by atomic mass is 19.4. The molecule has 2 heterocycles. The molecular weight excluding hydrogens is 305 g/mol. The van der Waals surface area contributed by atoms with Crippen molar-refractivity contribution < 1.29 is 13.2 Å². The van der Waals surface area contributed by atoms with Gasteiger partial charge in [0, 0.05) is 25.0 Å². The molecule has 0 bridgehead atoms. The van der Waals surface area contributed by atoms with Crippen LogP contribution in [0.15, 0.2) is 47.6 Å². The van der Waals surface area contributed by atoms with Crippen molar-refractivity contribution in [1.82, 2.24) is 10.3 Å². The van der Waals surface area contributed by atoms with Crippen LogP contribution in [0.25, 0.3) is 0 Å². The van der Waals surface area contributed by atoms with Gasteiger partial charge in [-0.3, -0.25) is 4.99 Å². The number of alkyl halides is 3. The van der Waals surface area contributed by atoms with Gasteiger partial charge in [0.05, 0.1) is 11.1 Å². The lowest BCUT2D eigenvalue weighted by atomic mass is 10.1. The number of nitrogens with zero attached hydrogens (tertiary/aromatic N) is 2. The molecule has 2 aromatic rings. The Morgan fingerprint density at radius 3 is 2.74 bits per heavy atom. The van der Waals surface area contributed by atoms with Crippen molar-refractivity contribution in [3.8, 4) is 0 Å². The van der Waals surface area contributed by atoms with Crippen LogP contribution in [0.3, 0.4) is 0 Å². The largest absolute Gasteiger partial charge is 0.416 e. The Morgan fingerprint density at radius 2 is 2.00 bits per heavy atom. The highest BCUT2D eigenvalue weighted by Crippen LogP contribution is 2.31. The average molecular weight is 320 g/mol. The molecule has 0 aliphatic carbocycles. The summed E-state index contributed by atoms with van der Waals surface area (Å²) in [6, 6.07) is 8.64. The van der Waals surface area contributed by atoms with E-state index in [4.69, 9.17) is 0 Å². The fourth-order valence-electron chi connectivity index (χ4n) is 2.32. The Bertz CT molecular complexity index is 725. The maximum absolute atomic E-state index is 12.8. The van der Waals surface area contributed by atoms with Gasteiger partial charge in [-0.05, 0) is 36.8 Å². The predicted molar refractivity (Wildman–Crippen MR) is 83.0 cm³/mol. The third-order valence-electron chi connectivity index (χ3n) is 3.41.